The fourth-order valence-electron chi connectivity index (χ4n) is 4.18. The summed E-state index contributed by atoms with van der Waals surface area (Å²) in [5.74, 6) is -0.891. The summed E-state index contributed by atoms with van der Waals surface area (Å²) in [4.78, 5) is 39.2. The van der Waals surface area contributed by atoms with Gasteiger partial charge in [0, 0.05) is 18.1 Å². The van der Waals surface area contributed by atoms with Gasteiger partial charge >= 0.3 is 0 Å². The van der Waals surface area contributed by atoms with Gasteiger partial charge in [0.2, 0.25) is 5.91 Å². The number of ether oxygens (including phenoxy) is 3. The Morgan fingerprint density at radius 2 is 1.65 bits per heavy atom. The first-order valence-electron chi connectivity index (χ1n) is 13.6. The molecule has 4 N–H and O–H groups in total. The second-order valence-corrected chi connectivity index (χ2v) is 10.6. The van der Waals surface area contributed by atoms with Crippen molar-refractivity contribution in [2.75, 3.05) is 26.4 Å². The molecule has 40 heavy (non-hydrogen) atoms. The van der Waals surface area contributed by atoms with Gasteiger partial charge in [-0.3, -0.25) is 14.4 Å². The van der Waals surface area contributed by atoms with Crippen molar-refractivity contribution in [3.8, 4) is 11.5 Å². The Balaban J connectivity index is 1.71. The van der Waals surface area contributed by atoms with Gasteiger partial charge in [0.05, 0.1) is 38.6 Å². The van der Waals surface area contributed by atoms with Crippen LogP contribution in [0.25, 0.3) is 0 Å². The second-order valence-electron chi connectivity index (χ2n) is 10.6. The van der Waals surface area contributed by atoms with Crippen molar-refractivity contribution in [2.45, 2.75) is 64.3 Å². The number of hydrogen-bond donors (Lipinski definition) is 4. The molecule has 1 aliphatic heterocycles. The highest BCUT2D eigenvalue weighted by Gasteiger charge is 2.54. The van der Waals surface area contributed by atoms with Gasteiger partial charge in [-0.05, 0) is 43.9 Å². The summed E-state index contributed by atoms with van der Waals surface area (Å²) < 4.78 is 16.9. The van der Waals surface area contributed by atoms with Crippen molar-refractivity contribution >= 4 is 17.6 Å². The monoisotopic (exact) mass is 556 g/mol. The molecule has 1 saturated heterocycles. The van der Waals surface area contributed by atoms with E-state index in [4.69, 9.17) is 14.2 Å². The Morgan fingerprint density at radius 3 is 2.23 bits per heavy atom. The molecular weight excluding hydrogens is 516 g/mol. The van der Waals surface area contributed by atoms with Crippen LogP contribution in [0.5, 0.6) is 11.5 Å². The maximum absolute atomic E-state index is 13.2. The molecule has 10 nitrogen and oxygen atoms in total. The topological polar surface area (TPSA) is 147 Å². The van der Waals surface area contributed by atoms with E-state index in [9.17, 15) is 24.6 Å². The highest BCUT2D eigenvalue weighted by atomic mass is 16.6. The molecule has 3 rings (SSSR count). The summed E-state index contributed by atoms with van der Waals surface area (Å²) in [6, 6.07) is 12.4. The third-order valence-corrected chi connectivity index (χ3v) is 6.36. The van der Waals surface area contributed by atoms with Crippen LogP contribution in [0.4, 0.5) is 0 Å². The SMILES string of the molecule is CC(C)CC(NC(=O)C(CO)NC(=O)c1cc(OCCc2ccccc2)cc(OC(C)C)c1)C(=O)C1(CO)CO1. The van der Waals surface area contributed by atoms with Crippen LogP contribution in [0.1, 0.15) is 50.0 Å². The predicted molar refractivity (Wildman–Crippen MR) is 148 cm³/mol. The molecule has 10 heteroatoms. The number of aliphatic hydroxyl groups excluding tert-OH is 2. The summed E-state index contributed by atoms with van der Waals surface area (Å²) >= 11 is 0. The Labute approximate surface area is 235 Å². The van der Waals surface area contributed by atoms with Gasteiger partial charge in [-0.2, -0.15) is 0 Å². The minimum Gasteiger partial charge on any atom is -0.493 e. The van der Waals surface area contributed by atoms with Crippen LogP contribution in [-0.2, 0) is 20.7 Å². The summed E-state index contributed by atoms with van der Waals surface area (Å²) in [6.07, 6.45) is 0.822. The predicted octanol–water partition coefficient (Wildman–Crippen LogP) is 2.05. The van der Waals surface area contributed by atoms with Gasteiger partial charge < -0.3 is 35.1 Å². The Hall–Kier alpha value is -3.47. The molecule has 0 bridgehead atoms. The maximum Gasteiger partial charge on any atom is 0.252 e. The molecule has 3 atom stereocenters. The molecular formula is C30H40N2O8. The van der Waals surface area contributed by atoms with Crippen molar-refractivity contribution in [1.82, 2.24) is 10.6 Å². The lowest BCUT2D eigenvalue weighted by molar-refractivity contribution is -0.133. The first kappa shape index (κ1) is 31.1. The third kappa shape index (κ3) is 8.77. The number of benzene rings is 2. The number of hydrogen-bond acceptors (Lipinski definition) is 8. The van der Waals surface area contributed by atoms with Crippen LogP contribution >= 0.6 is 0 Å². The van der Waals surface area contributed by atoms with Gasteiger partial charge in [-0.25, -0.2) is 0 Å². The van der Waals surface area contributed by atoms with Crippen molar-refractivity contribution in [1.29, 1.82) is 0 Å². The quantitative estimate of drug-likeness (QED) is 0.230. The largest absolute Gasteiger partial charge is 0.493 e. The van der Waals surface area contributed by atoms with E-state index in [1.807, 2.05) is 58.0 Å². The zero-order valence-corrected chi connectivity index (χ0v) is 23.5. The molecule has 218 valence electrons. The average molecular weight is 557 g/mol. The van der Waals surface area contributed by atoms with Gasteiger partial charge in [0.1, 0.15) is 17.5 Å². The van der Waals surface area contributed by atoms with E-state index in [1.165, 1.54) is 6.07 Å². The zero-order valence-electron chi connectivity index (χ0n) is 23.5. The summed E-state index contributed by atoms with van der Waals surface area (Å²) in [5.41, 5.74) is -0.0164. The van der Waals surface area contributed by atoms with E-state index in [-0.39, 0.29) is 24.2 Å². The number of ketones is 1. The Morgan fingerprint density at radius 1 is 0.975 bits per heavy atom. The molecule has 0 saturated carbocycles. The molecule has 2 aromatic carbocycles. The highest BCUT2D eigenvalue weighted by molar-refractivity contribution is 6.00. The lowest BCUT2D eigenvalue weighted by atomic mass is 9.92. The molecule has 0 aliphatic carbocycles. The van der Waals surface area contributed by atoms with Gasteiger partial charge in [-0.1, -0.05) is 44.2 Å². The van der Waals surface area contributed by atoms with Crippen LogP contribution in [0, 0.1) is 5.92 Å². The zero-order chi connectivity index (χ0) is 29.3. The minimum absolute atomic E-state index is 0.0509. The molecule has 3 unspecified atom stereocenters. The van der Waals surface area contributed by atoms with Crippen LogP contribution in [-0.4, -0.2) is 78.0 Å². The number of carbonyl (C=O) groups excluding carboxylic acids is 3. The lowest BCUT2D eigenvalue weighted by Crippen LogP contribution is -2.55. The minimum atomic E-state index is -1.32. The van der Waals surface area contributed by atoms with E-state index in [1.54, 1.807) is 12.1 Å². The average Bonchev–Trinajstić information content (AvgIpc) is 3.72. The molecule has 0 radical (unpaired) electrons. The molecule has 1 heterocycles. The van der Waals surface area contributed by atoms with Crippen LogP contribution < -0.4 is 20.1 Å². The fourth-order valence-corrected chi connectivity index (χ4v) is 4.18. The third-order valence-electron chi connectivity index (χ3n) is 6.36. The number of Topliss-reactive ketones (excluding diaryl/α,β-unsaturated/α-hetero) is 1. The van der Waals surface area contributed by atoms with E-state index < -0.39 is 48.5 Å². The van der Waals surface area contributed by atoms with Gasteiger partial charge in [0.15, 0.2) is 11.4 Å². The summed E-state index contributed by atoms with van der Waals surface area (Å²) in [5, 5.41) is 24.7. The van der Waals surface area contributed by atoms with E-state index in [2.05, 4.69) is 10.6 Å². The molecule has 2 aromatic rings. The maximum atomic E-state index is 13.2. The smallest absolute Gasteiger partial charge is 0.252 e. The normalized spacial score (nSPS) is 17.7. The van der Waals surface area contributed by atoms with Crippen molar-refractivity contribution in [3.63, 3.8) is 0 Å². The van der Waals surface area contributed by atoms with Crippen LogP contribution in [0.2, 0.25) is 0 Å². The highest BCUT2D eigenvalue weighted by Crippen LogP contribution is 2.30. The Bertz CT molecular complexity index is 1150. The van der Waals surface area contributed by atoms with Gasteiger partial charge in [0.25, 0.3) is 5.91 Å². The first-order valence-corrected chi connectivity index (χ1v) is 13.6. The fraction of sp³-hybridized carbons (Fsp3) is 0.500. The molecule has 1 fully saturated rings. The van der Waals surface area contributed by atoms with E-state index >= 15 is 0 Å². The van der Waals surface area contributed by atoms with E-state index in [0.29, 0.717) is 30.9 Å². The molecule has 0 spiro atoms. The summed E-state index contributed by atoms with van der Waals surface area (Å²) in [7, 11) is 0. The lowest BCUT2D eigenvalue weighted by Gasteiger charge is -2.24. The number of amides is 2. The number of aliphatic hydroxyl groups is 2. The van der Waals surface area contributed by atoms with Gasteiger partial charge in [-0.15, -0.1) is 0 Å². The number of rotatable bonds is 16. The van der Waals surface area contributed by atoms with Crippen LogP contribution in [0.3, 0.4) is 0 Å². The number of carbonyl (C=O) groups is 3. The molecule has 2 amide bonds. The second kappa shape index (κ2) is 14.2. The standard InChI is InChI=1S/C30H40N2O8/c1-19(2)12-25(27(35)30(17-34)18-39-30)31-29(37)26(16-33)32-28(36)22-13-23(15-24(14-22)40-20(3)4)38-11-10-21-8-6-5-7-9-21/h5-9,13-15,19-20,25-26,33-34H,10-12,16-18H2,1-4H3,(H,31,37)(H,32,36). The molecule has 1 aliphatic rings. The first-order chi connectivity index (χ1) is 19.1. The van der Waals surface area contributed by atoms with E-state index in [0.717, 1.165) is 5.56 Å². The number of epoxide rings is 1. The number of nitrogens with one attached hydrogen (secondary N) is 2. The van der Waals surface area contributed by atoms with Crippen molar-refractivity contribution < 1.29 is 38.8 Å². The molecule has 0 aromatic heterocycles. The van der Waals surface area contributed by atoms with Crippen molar-refractivity contribution in [3.05, 3.63) is 59.7 Å². The summed E-state index contributed by atoms with van der Waals surface area (Å²) in [6.45, 7) is 6.78. The van der Waals surface area contributed by atoms with Crippen molar-refractivity contribution in [2.24, 2.45) is 5.92 Å². The Kier molecular flexibility index (Phi) is 11.1. The van der Waals surface area contributed by atoms with Crippen LogP contribution in [0.15, 0.2) is 48.5 Å².